The number of aromatic nitrogens is 3. The molecule has 0 bridgehead atoms. The average molecular weight is 897 g/mol. The van der Waals surface area contributed by atoms with Crippen LogP contribution in [0.3, 0.4) is 0 Å². The second kappa shape index (κ2) is 18.7. The molecule has 4 atom stereocenters. The van der Waals surface area contributed by atoms with Gasteiger partial charge in [-0.25, -0.2) is 19.6 Å². The lowest BCUT2D eigenvalue weighted by Gasteiger charge is -2.40. The van der Waals surface area contributed by atoms with E-state index in [9.17, 15) is 32.3 Å². The number of H-pyrrole nitrogens is 1. The summed E-state index contributed by atoms with van der Waals surface area (Å²) in [6, 6.07) is 10.8. The van der Waals surface area contributed by atoms with Crippen molar-refractivity contribution in [3.05, 3.63) is 77.3 Å². The van der Waals surface area contributed by atoms with Gasteiger partial charge in [-0.2, -0.15) is 0 Å². The Morgan fingerprint density at radius 1 is 0.937 bits per heavy atom. The molecule has 4 heterocycles. The molecule has 0 saturated carbocycles. The molecule has 2 aliphatic heterocycles. The quantitative estimate of drug-likeness (QED) is 0.140. The number of carbonyl (C=O) groups excluding carboxylic acids is 4. The van der Waals surface area contributed by atoms with Gasteiger partial charge in [-0.1, -0.05) is 56.6 Å². The molecule has 0 unspecified atom stereocenters. The van der Waals surface area contributed by atoms with Crippen LogP contribution >= 0.6 is 11.6 Å². The molecule has 63 heavy (non-hydrogen) atoms. The van der Waals surface area contributed by atoms with E-state index < -0.39 is 41.8 Å². The fraction of sp³-hybridized carbons (Fsp3) is 0.455. The van der Waals surface area contributed by atoms with Crippen LogP contribution in [0.2, 0.25) is 5.02 Å². The molecule has 338 valence electrons. The Morgan fingerprint density at radius 3 is 2.24 bits per heavy atom. The fourth-order valence-electron chi connectivity index (χ4n) is 7.67. The lowest BCUT2D eigenvalue weighted by atomic mass is 10.0. The van der Waals surface area contributed by atoms with Gasteiger partial charge in [0, 0.05) is 50.0 Å². The molecule has 4 aromatic rings. The number of halogens is 4. The molecule has 2 aromatic heterocycles. The topological polar surface area (TPSA) is 171 Å². The van der Waals surface area contributed by atoms with Crippen LogP contribution in [-0.4, -0.2) is 106 Å². The SMILES string of the molecule is COC(=O)N[C@H](C(=O)N1C[C@@H](C)C[C@H]1c1ncc(-c2ccc(-c3cc(Cl)c(NC(=O)c4ccc(N5CCN(C(=O)OC(C)(C)C)C[C@H]5C)nc4)cc3OC(F)(F)F)cc2)[nH]1)C(C)C. The first-order valence-electron chi connectivity index (χ1n) is 20.5. The molecule has 0 spiro atoms. The average Bonchev–Trinajstić information content (AvgIpc) is 3.86. The monoisotopic (exact) mass is 896 g/mol. The van der Waals surface area contributed by atoms with Gasteiger partial charge in [0.1, 0.15) is 29.0 Å². The smallest absolute Gasteiger partial charge is 0.453 e. The lowest BCUT2D eigenvalue weighted by molar-refractivity contribution is -0.274. The molecule has 2 fully saturated rings. The van der Waals surface area contributed by atoms with E-state index >= 15 is 0 Å². The van der Waals surface area contributed by atoms with E-state index in [0.29, 0.717) is 61.1 Å². The number of amides is 4. The summed E-state index contributed by atoms with van der Waals surface area (Å²) in [6.07, 6.45) is -2.55. The van der Waals surface area contributed by atoms with Crippen molar-refractivity contribution in [3.8, 4) is 28.1 Å². The Hall–Kier alpha value is -6.04. The molecular formula is C44H52ClF3N8O7. The number of piperazine rings is 1. The third kappa shape index (κ3) is 11.3. The Morgan fingerprint density at radius 2 is 1.63 bits per heavy atom. The van der Waals surface area contributed by atoms with Crippen LogP contribution in [0.25, 0.3) is 22.4 Å². The molecule has 4 amide bonds. The number of imidazole rings is 1. The summed E-state index contributed by atoms with van der Waals surface area (Å²) >= 11 is 6.59. The molecule has 0 radical (unpaired) electrons. The number of nitrogens with one attached hydrogen (secondary N) is 3. The number of anilines is 2. The number of rotatable bonds is 10. The highest BCUT2D eigenvalue weighted by Gasteiger charge is 2.40. The van der Waals surface area contributed by atoms with Gasteiger partial charge in [-0.05, 0) is 75.3 Å². The number of methoxy groups -OCH3 is 1. The molecule has 15 nitrogen and oxygen atoms in total. The van der Waals surface area contributed by atoms with Crippen molar-refractivity contribution in [1.29, 1.82) is 0 Å². The Balaban J connectivity index is 1.16. The molecule has 2 aromatic carbocycles. The summed E-state index contributed by atoms with van der Waals surface area (Å²) in [4.78, 5) is 69.4. The van der Waals surface area contributed by atoms with E-state index in [1.165, 1.54) is 19.4 Å². The normalized spacial score (nSPS) is 18.6. The Labute approximate surface area is 368 Å². The van der Waals surface area contributed by atoms with E-state index in [1.54, 1.807) is 73.2 Å². The number of carbonyl (C=O) groups is 4. The zero-order valence-electron chi connectivity index (χ0n) is 36.3. The number of hydrogen-bond donors (Lipinski definition) is 3. The van der Waals surface area contributed by atoms with Gasteiger partial charge in [-0.3, -0.25) is 9.59 Å². The van der Waals surface area contributed by atoms with Gasteiger partial charge in [0.25, 0.3) is 5.91 Å². The van der Waals surface area contributed by atoms with Gasteiger partial charge in [0.05, 0.1) is 41.3 Å². The highest BCUT2D eigenvalue weighted by atomic mass is 35.5. The van der Waals surface area contributed by atoms with Crippen LogP contribution in [0.1, 0.15) is 77.1 Å². The number of likely N-dealkylation sites (tertiary alicyclic amines) is 1. The number of ether oxygens (including phenoxy) is 3. The third-order valence-corrected chi connectivity index (χ3v) is 11.0. The van der Waals surface area contributed by atoms with Gasteiger partial charge in [-0.15, -0.1) is 13.2 Å². The predicted octanol–water partition coefficient (Wildman–Crippen LogP) is 8.68. The van der Waals surface area contributed by atoms with Crippen LogP contribution in [-0.2, 0) is 14.3 Å². The van der Waals surface area contributed by atoms with Gasteiger partial charge in [0.15, 0.2) is 0 Å². The van der Waals surface area contributed by atoms with Gasteiger partial charge < -0.3 is 44.5 Å². The summed E-state index contributed by atoms with van der Waals surface area (Å²) in [5.74, 6) is -0.410. The van der Waals surface area contributed by atoms with Crippen molar-refractivity contribution in [2.45, 2.75) is 85.0 Å². The third-order valence-electron chi connectivity index (χ3n) is 10.7. The van der Waals surface area contributed by atoms with E-state index in [-0.39, 0.29) is 51.7 Å². The van der Waals surface area contributed by atoms with E-state index in [4.69, 9.17) is 21.1 Å². The number of pyridine rings is 1. The van der Waals surface area contributed by atoms with E-state index in [1.807, 2.05) is 32.6 Å². The summed E-state index contributed by atoms with van der Waals surface area (Å²) < 4.78 is 56.0. The predicted molar refractivity (Wildman–Crippen MR) is 230 cm³/mol. The van der Waals surface area contributed by atoms with Crippen LogP contribution in [0.5, 0.6) is 5.75 Å². The lowest BCUT2D eigenvalue weighted by Crippen LogP contribution is -2.54. The number of alkyl carbamates (subject to hydrolysis) is 1. The maximum Gasteiger partial charge on any atom is 0.573 e. The van der Waals surface area contributed by atoms with E-state index in [0.717, 1.165) is 6.07 Å². The summed E-state index contributed by atoms with van der Waals surface area (Å²) in [5.41, 5.74) is 1.04. The summed E-state index contributed by atoms with van der Waals surface area (Å²) in [7, 11) is 1.24. The highest BCUT2D eigenvalue weighted by molar-refractivity contribution is 6.34. The Kier molecular flexibility index (Phi) is 13.8. The van der Waals surface area contributed by atoms with Crippen LogP contribution < -0.4 is 20.3 Å². The maximum absolute atomic E-state index is 13.8. The fourth-order valence-corrected chi connectivity index (χ4v) is 7.88. The zero-order chi connectivity index (χ0) is 46.0. The molecule has 6 rings (SSSR count). The first-order chi connectivity index (χ1) is 29.6. The van der Waals surface area contributed by atoms with Crippen molar-refractivity contribution < 1.29 is 46.6 Å². The number of nitrogens with zero attached hydrogens (tertiary/aromatic N) is 5. The first kappa shape index (κ1) is 46.5. The van der Waals surface area contributed by atoms with Crippen LogP contribution in [0.15, 0.2) is 60.9 Å². The van der Waals surface area contributed by atoms with Crippen LogP contribution in [0, 0.1) is 11.8 Å². The minimum absolute atomic E-state index is 0.0217. The van der Waals surface area contributed by atoms with Gasteiger partial charge in [0.2, 0.25) is 5.91 Å². The number of benzene rings is 2. The van der Waals surface area contributed by atoms with Crippen molar-refractivity contribution in [1.82, 2.24) is 30.1 Å². The maximum atomic E-state index is 13.8. The Bertz CT molecular complexity index is 2300. The largest absolute Gasteiger partial charge is 0.573 e. The summed E-state index contributed by atoms with van der Waals surface area (Å²) in [5, 5.41) is 5.18. The summed E-state index contributed by atoms with van der Waals surface area (Å²) in [6.45, 7) is 14.8. The van der Waals surface area contributed by atoms with Crippen molar-refractivity contribution in [2.24, 2.45) is 11.8 Å². The number of hydrogen-bond acceptors (Lipinski definition) is 10. The first-order valence-corrected chi connectivity index (χ1v) is 20.9. The molecule has 2 aliphatic rings. The highest BCUT2D eigenvalue weighted by Crippen LogP contribution is 2.41. The number of alkyl halides is 3. The van der Waals surface area contributed by atoms with Crippen LogP contribution in [0.4, 0.5) is 34.3 Å². The van der Waals surface area contributed by atoms with Crippen molar-refractivity contribution in [3.63, 3.8) is 0 Å². The molecule has 3 N–H and O–H groups in total. The zero-order valence-corrected chi connectivity index (χ0v) is 37.1. The number of aromatic amines is 1. The second-order valence-corrected chi connectivity index (χ2v) is 17.6. The molecule has 19 heteroatoms. The van der Waals surface area contributed by atoms with Gasteiger partial charge >= 0.3 is 18.5 Å². The molecule has 0 aliphatic carbocycles. The second-order valence-electron chi connectivity index (χ2n) is 17.2. The minimum Gasteiger partial charge on any atom is -0.453 e. The minimum atomic E-state index is -5.07. The van der Waals surface area contributed by atoms with Crippen molar-refractivity contribution in [2.75, 3.05) is 43.5 Å². The van der Waals surface area contributed by atoms with E-state index in [2.05, 4.69) is 30.3 Å². The molecular weight excluding hydrogens is 845 g/mol. The molecule has 2 saturated heterocycles. The standard InChI is InChI=1S/C44H52ClF3N8O7/c1-24(2)37(53-41(59)61-8)40(58)56-22-25(3)17-34(56)38-50-21-33(51-38)28-11-9-27(10-12-28)30-18-31(45)32(19-35(30)62-44(46,47)48)52-39(57)29-13-14-36(49-20-29)55-16-15-54(23-26(55)4)42(60)63-43(5,6)7/h9-14,18-21,24-26,34,37H,15-17,22-23H2,1-8H3,(H,50,51)(H,52,57)(H,53,59)/t25-,26+,34-,37-/m0/s1. The van der Waals surface area contributed by atoms with Crippen molar-refractivity contribution >= 4 is 47.1 Å².